The van der Waals surface area contributed by atoms with E-state index in [0.717, 1.165) is 0 Å². The van der Waals surface area contributed by atoms with Crippen molar-refractivity contribution in [2.45, 2.75) is 19.0 Å². The largest absolute Gasteiger partial charge is 0.433 e. The Morgan fingerprint density at radius 3 is 2.00 bits per heavy atom. The van der Waals surface area contributed by atoms with Gasteiger partial charge in [0.05, 0.1) is 0 Å². The van der Waals surface area contributed by atoms with E-state index in [1.165, 1.54) is 0 Å². The van der Waals surface area contributed by atoms with Gasteiger partial charge in [0.15, 0.2) is 0 Å². The van der Waals surface area contributed by atoms with Gasteiger partial charge in [-0.3, -0.25) is 0 Å². The Morgan fingerprint density at radius 1 is 1.29 bits per heavy atom. The number of hydrogen-bond donors (Lipinski definition) is 0. The minimum absolute atomic E-state index is 0.281. The summed E-state index contributed by atoms with van der Waals surface area (Å²) in [6.07, 6.45) is -4.73. The first-order chi connectivity index (χ1) is 6.12. The monoisotopic (exact) mass is 213 g/mol. The molecule has 1 aromatic rings. The predicted molar refractivity (Wildman–Crippen MR) is 37.6 cm³/mol. The van der Waals surface area contributed by atoms with Crippen molar-refractivity contribution in [3.8, 4) is 0 Å². The van der Waals surface area contributed by atoms with Gasteiger partial charge in [0, 0.05) is 0 Å². The molecule has 0 saturated heterocycles. The molecule has 0 aliphatic rings. The van der Waals surface area contributed by atoms with Gasteiger partial charge >= 0.3 is 6.18 Å². The van der Waals surface area contributed by atoms with Crippen molar-refractivity contribution in [3.63, 3.8) is 0 Å². The Labute approximate surface area is 76.3 Å². The Hall–Kier alpha value is -1.27. The van der Waals surface area contributed by atoms with Crippen LogP contribution in [0.2, 0.25) is 0 Å². The van der Waals surface area contributed by atoms with Crippen LogP contribution >= 0.6 is 0 Å². The van der Waals surface area contributed by atoms with E-state index >= 15 is 0 Å². The molecule has 0 fully saturated rings. The second-order valence-electron chi connectivity index (χ2n) is 2.80. The first kappa shape index (κ1) is 10.8. The van der Waals surface area contributed by atoms with Crippen LogP contribution in [0.1, 0.15) is 18.3 Å². The summed E-state index contributed by atoms with van der Waals surface area (Å²) in [7, 11) is 2.95. The van der Waals surface area contributed by atoms with Gasteiger partial charge in [-0.15, -0.1) is 0 Å². The summed E-state index contributed by atoms with van der Waals surface area (Å²) < 4.78 is 61.6. The molecule has 2 nitrogen and oxygen atoms in total. The normalized spacial score (nSPS) is 13.3. The number of rotatable bonds is 1. The molecule has 14 heavy (non-hydrogen) atoms. The highest BCUT2D eigenvalue weighted by Crippen LogP contribution is 2.33. The third-order valence-corrected chi connectivity index (χ3v) is 1.52. The second kappa shape index (κ2) is 2.86. The lowest BCUT2D eigenvalue weighted by Gasteiger charge is -2.17. The van der Waals surface area contributed by atoms with Gasteiger partial charge in [0.1, 0.15) is 5.69 Å². The molecule has 0 atom stereocenters. The molecule has 1 aromatic heterocycles. The zero-order valence-corrected chi connectivity index (χ0v) is 7.07. The van der Waals surface area contributed by atoms with E-state index in [4.69, 9.17) is 0 Å². The van der Waals surface area contributed by atoms with Crippen molar-refractivity contribution in [3.05, 3.63) is 24.5 Å². The summed E-state index contributed by atoms with van der Waals surface area (Å²) in [5, 5.41) is 2.85. The van der Waals surface area contributed by atoms with Gasteiger partial charge in [-0.25, -0.2) is 13.9 Å². The number of nitrogens with zero attached hydrogens (tertiary/aromatic N) is 2. The van der Waals surface area contributed by atoms with Crippen molar-refractivity contribution in [1.29, 1.82) is 0 Å². The molecule has 0 spiro atoms. The molecule has 0 saturated carbocycles. The zero-order valence-electron chi connectivity index (χ0n) is 7.07. The maximum atomic E-state index is 12.6. The molecule has 80 valence electrons. The average Bonchev–Trinajstić information content (AvgIpc) is 2.27. The fourth-order valence-electron chi connectivity index (χ4n) is 0.909. The molecule has 0 bridgehead atoms. The van der Waals surface area contributed by atoms with Gasteiger partial charge in [0.2, 0.25) is 5.92 Å². The van der Waals surface area contributed by atoms with Gasteiger partial charge in [-0.05, 0) is 12.6 Å². The van der Waals surface area contributed by atoms with Crippen molar-refractivity contribution in [2.75, 3.05) is 0 Å². The Bertz CT molecular complexity index is 333. The van der Waals surface area contributed by atoms with E-state index in [2.05, 4.69) is 12.1 Å². The summed E-state index contributed by atoms with van der Waals surface area (Å²) in [6, 6.07) is 0.285. The Morgan fingerprint density at radius 2 is 1.79 bits per heavy atom. The van der Waals surface area contributed by atoms with E-state index in [9.17, 15) is 22.0 Å². The van der Waals surface area contributed by atoms with Crippen LogP contribution in [-0.2, 0) is 12.1 Å². The van der Waals surface area contributed by atoms with Gasteiger partial charge in [0.25, 0.3) is 0 Å². The summed E-state index contributed by atoms with van der Waals surface area (Å²) in [6.45, 7) is 0.478. The van der Waals surface area contributed by atoms with Gasteiger partial charge in [-0.1, -0.05) is 6.07 Å². The van der Waals surface area contributed by atoms with E-state index in [0.29, 0.717) is 6.92 Å². The maximum absolute atomic E-state index is 12.6. The lowest BCUT2D eigenvalue weighted by Crippen LogP contribution is -2.12. The highest BCUT2D eigenvalue weighted by molar-refractivity contribution is 5.17. The molecule has 0 aliphatic heterocycles. The van der Waals surface area contributed by atoms with Crippen LogP contribution in [0.3, 0.4) is 0 Å². The van der Waals surface area contributed by atoms with Gasteiger partial charge < -0.3 is 4.68 Å². The van der Waals surface area contributed by atoms with Crippen LogP contribution in [0.15, 0.2) is 6.07 Å². The molecule has 1 rings (SSSR count). The molecule has 0 amide bonds. The fourth-order valence-corrected chi connectivity index (χ4v) is 0.909. The van der Waals surface area contributed by atoms with Crippen LogP contribution < -0.4 is 0 Å². The molecular weight excluding hydrogens is 207 g/mol. The zero-order chi connectivity index (χ0) is 11.1. The third-order valence-electron chi connectivity index (χ3n) is 1.52. The molecule has 0 unspecified atom stereocenters. The molecule has 0 N–H and O–H groups in total. The highest BCUT2D eigenvalue weighted by Gasteiger charge is 2.35. The van der Waals surface area contributed by atoms with E-state index in [-0.39, 0.29) is 10.7 Å². The van der Waals surface area contributed by atoms with Crippen molar-refractivity contribution in [1.82, 2.24) is 9.78 Å². The van der Waals surface area contributed by atoms with E-state index in [1.807, 2.05) is 0 Å². The van der Waals surface area contributed by atoms with Crippen molar-refractivity contribution < 1.29 is 22.0 Å². The SMILES string of the molecule is [CH2-]n1nc(C(F)(F)F)cc1C(C)(F)F. The van der Waals surface area contributed by atoms with E-state index in [1.54, 1.807) is 0 Å². The van der Waals surface area contributed by atoms with Crippen molar-refractivity contribution >= 4 is 0 Å². The second-order valence-corrected chi connectivity index (χ2v) is 2.80. The first-order valence-electron chi connectivity index (χ1n) is 3.49. The van der Waals surface area contributed by atoms with Crippen LogP contribution in [0.4, 0.5) is 22.0 Å². The first-order valence-corrected chi connectivity index (χ1v) is 3.49. The Kier molecular flexibility index (Phi) is 2.21. The summed E-state index contributed by atoms with van der Waals surface area (Å²) in [4.78, 5) is 0. The topological polar surface area (TPSA) is 17.8 Å². The van der Waals surface area contributed by atoms with Crippen LogP contribution in [0.5, 0.6) is 0 Å². The number of alkyl halides is 5. The van der Waals surface area contributed by atoms with Crippen LogP contribution in [0.25, 0.3) is 0 Å². The standard InChI is InChI=1S/C7H6F5N2/c1-6(8,9)5-3-4(7(10,11)12)13-14(5)2/h3H,2H2,1H3/q-1. The minimum Gasteiger partial charge on any atom is -0.399 e. The summed E-state index contributed by atoms with van der Waals surface area (Å²) >= 11 is 0. The van der Waals surface area contributed by atoms with E-state index < -0.39 is 23.5 Å². The smallest absolute Gasteiger partial charge is 0.399 e. The fraction of sp³-hybridized carbons (Fsp3) is 0.429. The van der Waals surface area contributed by atoms with Gasteiger partial charge in [-0.2, -0.15) is 20.2 Å². The van der Waals surface area contributed by atoms with Crippen LogP contribution in [-0.4, -0.2) is 9.78 Å². The molecule has 0 aromatic carbocycles. The predicted octanol–water partition coefficient (Wildman–Crippen LogP) is 2.65. The molecule has 0 aliphatic carbocycles. The molecule has 0 radical (unpaired) electrons. The third kappa shape index (κ3) is 1.97. The maximum Gasteiger partial charge on any atom is 0.433 e. The lowest BCUT2D eigenvalue weighted by molar-refractivity contribution is -0.141. The quantitative estimate of drug-likeness (QED) is 0.518. The average molecular weight is 213 g/mol. The lowest BCUT2D eigenvalue weighted by atomic mass is 10.2. The number of halogens is 5. The summed E-state index contributed by atoms with van der Waals surface area (Å²) in [5.74, 6) is -3.39. The van der Waals surface area contributed by atoms with Crippen LogP contribution in [0, 0.1) is 7.05 Å². The summed E-state index contributed by atoms with van der Waals surface area (Å²) in [5.41, 5.74) is -2.24. The Balaban J connectivity index is 3.19. The highest BCUT2D eigenvalue weighted by atomic mass is 19.4. The minimum atomic E-state index is -4.73. The number of aromatic nitrogens is 2. The molecule has 7 heteroatoms. The molecule has 1 heterocycles. The molecular formula is C7H6F5N2-. The van der Waals surface area contributed by atoms with Crippen molar-refractivity contribution in [2.24, 2.45) is 0 Å². The number of hydrogen-bond acceptors (Lipinski definition) is 1.